The van der Waals surface area contributed by atoms with E-state index in [9.17, 15) is 9.90 Å². The molecule has 88 valence electrons. The smallest absolute Gasteiger partial charge is 0.337 e. The topological polar surface area (TPSA) is 37.3 Å². The van der Waals surface area contributed by atoms with E-state index in [-0.39, 0.29) is 10.6 Å². The molecule has 0 aliphatic rings. The second kappa shape index (κ2) is 4.00. The number of benzene rings is 3. The number of rotatable bonds is 1. The predicted octanol–water partition coefficient (Wildman–Crippen LogP) is 4.34. The van der Waals surface area contributed by atoms with Crippen molar-refractivity contribution in [3.05, 3.63) is 59.1 Å². The summed E-state index contributed by atoms with van der Waals surface area (Å²) < 4.78 is 0. The van der Waals surface area contributed by atoms with Crippen LogP contribution in [-0.2, 0) is 0 Å². The first kappa shape index (κ1) is 11.1. The number of halogens is 1. The van der Waals surface area contributed by atoms with Gasteiger partial charge in [-0.1, -0.05) is 54.1 Å². The molecular weight excluding hydrogens is 248 g/mol. The lowest BCUT2D eigenvalue weighted by Gasteiger charge is -2.08. The molecule has 0 aliphatic heterocycles. The molecule has 3 rings (SSSR count). The third-order valence-corrected chi connectivity index (χ3v) is 3.40. The Morgan fingerprint density at radius 1 is 0.889 bits per heavy atom. The lowest BCUT2D eigenvalue weighted by molar-refractivity contribution is 0.0699. The summed E-state index contributed by atoms with van der Waals surface area (Å²) in [6, 6.07) is 15.1. The fourth-order valence-corrected chi connectivity index (χ4v) is 2.52. The maximum absolute atomic E-state index is 11.3. The van der Waals surface area contributed by atoms with Crippen LogP contribution >= 0.6 is 11.6 Å². The van der Waals surface area contributed by atoms with Crippen LogP contribution in [0.4, 0.5) is 0 Å². The van der Waals surface area contributed by atoms with E-state index in [1.807, 2.05) is 42.5 Å². The van der Waals surface area contributed by atoms with Crippen molar-refractivity contribution in [1.82, 2.24) is 0 Å². The maximum atomic E-state index is 11.3. The van der Waals surface area contributed by atoms with E-state index in [0.717, 1.165) is 16.2 Å². The minimum Gasteiger partial charge on any atom is -0.478 e. The van der Waals surface area contributed by atoms with Crippen LogP contribution in [-0.4, -0.2) is 11.1 Å². The highest BCUT2D eigenvalue weighted by Gasteiger charge is 2.14. The monoisotopic (exact) mass is 256 g/mol. The minimum absolute atomic E-state index is 0.167. The van der Waals surface area contributed by atoms with Gasteiger partial charge in [-0.2, -0.15) is 0 Å². The standard InChI is InChI=1S/C15H9ClO2/c16-13-8-7-11-10-4-2-1-3-9(10)5-6-12(11)14(13)15(17)18/h1-8H,(H,17,18). The molecule has 0 aliphatic carbocycles. The molecule has 0 saturated heterocycles. The molecule has 0 atom stereocenters. The molecule has 2 nitrogen and oxygen atoms in total. The van der Waals surface area contributed by atoms with Gasteiger partial charge in [0.2, 0.25) is 0 Å². The van der Waals surface area contributed by atoms with Gasteiger partial charge in [-0.05, 0) is 27.6 Å². The van der Waals surface area contributed by atoms with Crippen LogP contribution in [0.1, 0.15) is 10.4 Å². The molecule has 3 heteroatoms. The Labute approximate surface area is 108 Å². The van der Waals surface area contributed by atoms with Gasteiger partial charge in [0.1, 0.15) is 0 Å². The summed E-state index contributed by atoms with van der Waals surface area (Å²) >= 11 is 5.97. The van der Waals surface area contributed by atoms with E-state index in [1.165, 1.54) is 0 Å². The van der Waals surface area contributed by atoms with Crippen molar-refractivity contribution in [3.63, 3.8) is 0 Å². The molecule has 0 unspecified atom stereocenters. The average Bonchev–Trinajstić information content (AvgIpc) is 2.37. The molecule has 0 aromatic heterocycles. The summed E-state index contributed by atoms with van der Waals surface area (Å²) in [5, 5.41) is 13.2. The lowest BCUT2D eigenvalue weighted by atomic mass is 9.98. The van der Waals surface area contributed by atoms with E-state index in [0.29, 0.717) is 5.39 Å². The van der Waals surface area contributed by atoms with Gasteiger partial charge < -0.3 is 5.11 Å². The van der Waals surface area contributed by atoms with Crippen molar-refractivity contribution < 1.29 is 9.90 Å². The molecule has 0 amide bonds. The summed E-state index contributed by atoms with van der Waals surface area (Å²) in [5.41, 5.74) is 0.167. The normalized spacial score (nSPS) is 10.9. The predicted molar refractivity (Wildman–Crippen MR) is 73.4 cm³/mol. The van der Waals surface area contributed by atoms with Crippen molar-refractivity contribution in [3.8, 4) is 0 Å². The number of carboxylic acids is 1. The molecule has 0 radical (unpaired) electrons. The molecule has 3 aromatic carbocycles. The molecule has 0 heterocycles. The van der Waals surface area contributed by atoms with Gasteiger partial charge in [0.15, 0.2) is 0 Å². The third kappa shape index (κ3) is 1.54. The Bertz CT molecular complexity index is 778. The van der Waals surface area contributed by atoms with Crippen molar-refractivity contribution >= 4 is 39.1 Å². The molecule has 18 heavy (non-hydrogen) atoms. The SMILES string of the molecule is O=C(O)c1c(Cl)ccc2c1ccc1ccccc12. The first-order valence-electron chi connectivity index (χ1n) is 5.52. The van der Waals surface area contributed by atoms with Crippen LogP contribution in [0.25, 0.3) is 21.5 Å². The lowest BCUT2D eigenvalue weighted by Crippen LogP contribution is -1.98. The van der Waals surface area contributed by atoms with Gasteiger partial charge in [0, 0.05) is 0 Å². The van der Waals surface area contributed by atoms with Crippen molar-refractivity contribution in [2.75, 3.05) is 0 Å². The van der Waals surface area contributed by atoms with E-state index in [1.54, 1.807) is 6.07 Å². The molecule has 3 aromatic rings. The summed E-state index contributed by atoms with van der Waals surface area (Å²) in [4.78, 5) is 11.3. The summed E-state index contributed by atoms with van der Waals surface area (Å²) in [6.07, 6.45) is 0. The van der Waals surface area contributed by atoms with Crippen LogP contribution in [0.3, 0.4) is 0 Å². The highest BCUT2D eigenvalue weighted by atomic mass is 35.5. The summed E-state index contributed by atoms with van der Waals surface area (Å²) in [7, 11) is 0. The Morgan fingerprint density at radius 2 is 1.61 bits per heavy atom. The van der Waals surface area contributed by atoms with Gasteiger partial charge >= 0.3 is 5.97 Å². The fourth-order valence-electron chi connectivity index (χ4n) is 2.28. The molecule has 0 bridgehead atoms. The number of carbonyl (C=O) groups is 1. The van der Waals surface area contributed by atoms with Gasteiger partial charge in [-0.25, -0.2) is 4.79 Å². The van der Waals surface area contributed by atoms with Gasteiger partial charge in [0.25, 0.3) is 0 Å². The molecule has 1 N–H and O–H groups in total. The van der Waals surface area contributed by atoms with Crippen LogP contribution in [0, 0.1) is 0 Å². The van der Waals surface area contributed by atoms with Gasteiger partial charge in [0.05, 0.1) is 10.6 Å². The minimum atomic E-state index is -0.999. The maximum Gasteiger partial charge on any atom is 0.337 e. The summed E-state index contributed by atoms with van der Waals surface area (Å²) in [5.74, 6) is -0.999. The van der Waals surface area contributed by atoms with E-state index in [2.05, 4.69) is 0 Å². The van der Waals surface area contributed by atoms with E-state index < -0.39 is 5.97 Å². The molecule has 0 fully saturated rings. The fraction of sp³-hybridized carbons (Fsp3) is 0. The van der Waals surface area contributed by atoms with Gasteiger partial charge in [-0.15, -0.1) is 0 Å². The summed E-state index contributed by atoms with van der Waals surface area (Å²) in [6.45, 7) is 0. The number of aromatic carboxylic acids is 1. The number of hydrogen-bond donors (Lipinski definition) is 1. The Hall–Kier alpha value is -2.06. The Kier molecular flexibility index (Phi) is 2.46. The first-order chi connectivity index (χ1) is 8.68. The second-order valence-corrected chi connectivity index (χ2v) is 4.52. The third-order valence-electron chi connectivity index (χ3n) is 3.09. The molecular formula is C15H9ClO2. The zero-order valence-corrected chi connectivity index (χ0v) is 10.1. The van der Waals surface area contributed by atoms with Crippen LogP contribution in [0.2, 0.25) is 5.02 Å². The largest absolute Gasteiger partial charge is 0.478 e. The zero-order valence-electron chi connectivity index (χ0n) is 9.35. The van der Waals surface area contributed by atoms with Crippen molar-refractivity contribution in [2.45, 2.75) is 0 Å². The molecule has 0 spiro atoms. The van der Waals surface area contributed by atoms with Crippen LogP contribution in [0.5, 0.6) is 0 Å². The quantitative estimate of drug-likeness (QED) is 0.658. The van der Waals surface area contributed by atoms with Crippen LogP contribution in [0.15, 0.2) is 48.5 Å². The van der Waals surface area contributed by atoms with Crippen molar-refractivity contribution in [1.29, 1.82) is 0 Å². The average molecular weight is 257 g/mol. The van der Waals surface area contributed by atoms with E-state index >= 15 is 0 Å². The highest BCUT2D eigenvalue weighted by molar-refractivity contribution is 6.35. The second-order valence-electron chi connectivity index (χ2n) is 4.11. The first-order valence-corrected chi connectivity index (χ1v) is 5.89. The van der Waals surface area contributed by atoms with Gasteiger partial charge in [-0.3, -0.25) is 0 Å². The Balaban J connectivity index is 2.55. The zero-order chi connectivity index (χ0) is 12.7. The molecule has 0 saturated carbocycles. The Morgan fingerprint density at radius 3 is 2.39 bits per heavy atom. The van der Waals surface area contributed by atoms with Crippen LogP contribution < -0.4 is 0 Å². The number of hydrogen-bond acceptors (Lipinski definition) is 1. The number of carboxylic acid groups (broad SMARTS) is 1. The number of fused-ring (bicyclic) bond motifs is 3. The van der Waals surface area contributed by atoms with E-state index in [4.69, 9.17) is 11.6 Å². The highest BCUT2D eigenvalue weighted by Crippen LogP contribution is 2.31. The van der Waals surface area contributed by atoms with Crippen molar-refractivity contribution in [2.24, 2.45) is 0 Å².